The summed E-state index contributed by atoms with van der Waals surface area (Å²) in [5.74, 6) is 1.69. The number of aliphatic hydroxyl groups is 1. The Kier molecular flexibility index (Phi) is 4.28. The molecule has 1 aliphatic rings. The van der Waals surface area contributed by atoms with Crippen molar-refractivity contribution in [3.05, 3.63) is 48.7 Å². The second-order valence-corrected chi connectivity index (χ2v) is 6.43. The lowest BCUT2D eigenvalue weighted by atomic mass is 9.90. The Morgan fingerprint density at radius 2 is 2.04 bits per heavy atom. The summed E-state index contributed by atoms with van der Waals surface area (Å²) in [5, 5.41) is 11.6. The second-order valence-electron chi connectivity index (χ2n) is 6.43. The van der Waals surface area contributed by atoms with Gasteiger partial charge in [-0.3, -0.25) is 4.98 Å². The van der Waals surface area contributed by atoms with E-state index < -0.39 is 6.10 Å². The van der Waals surface area contributed by atoms with Crippen LogP contribution in [0.3, 0.4) is 0 Å². The first-order chi connectivity index (χ1) is 12.3. The van der Waals surface area contributed by atoms with Gasteiger partial charge < -0.3 is 19.7 Å². The van der Waals surface area contributed by atoms with Gasteiger partial charge in [0.05, 0.1) is 7.11 Å². The summed E-state index contributed by atoms with van der Waals surface area (Å²) in [6.45, 7) is 1.80. The summed E-state index contributed by atoms with van der Waals surface area (Å²) in [6, 6.07) is 8.08. The molecule has 25 heavy (non-hydrogen) atoms. The molecule has 0 bridgehead atoms. The van der Waals surface area contributed by atoms with Gasteiger partial charge in [0, 0.05) is 42.8 Å². The molecule has 130 valence electrons. The number of aromatic nitrogens is 3. The lowest BCUT2D eigenvalue weighted by molar-refractivity contribution is 0.0857. The fraction of sp³-hybridized carbons (Fsp3) is 0.368. The number of pyridine rings is 1. The smallest absolute Gasteiger partial charge is 0.145 e. The summed E-state index contributed by atoms with van der Waals surface area (Å²) >= 11 is 0. The molecule has 0 saturated carbocycles. The number of aromatic amines is 1. The molecule has 0 amide bonds. The molecule has 2 N–H and O–H groups in total. The average molecular weight is 338 g/mol. The Bertz CT molecular complexity index is 842. The van der Waals surface area contributed by atoms with Crippen molar-refractivity contribution < 1.29 is 9.84 Å². The van der Waals surface area contributed by atoms with Crippen molar-refractivity contribution in [2.45, 2.75) is 18.9 Å². The van der Waals surface area contributed by atoms with E-state index in [9.17, 15) is 5.11 Å². The van der Waals surface area contributed by atoms with Crippen LogP contribution in [0.2, 0.25) is 0 Å². The number of piperidine rings is 1. The summed E-state index contributed by atoms with van der Waals surface area (Å²) in [5.41, 5.74) is 2.06. The third-order valence-corrected chi connectivity index (χ3v) is 5.06. The normalized spacial score (nSPS) is 17.0. The third kappa shape index (κ3) is 2.93. The first-order valence-electron chi connectivity index (χ1n) is 8.62. The number of rotatable bonds is 4. The van der Waals surface area contributed by atoms with Crippen molar-refractivity contribution in [2.75, 3.05) is 25.1 Å². The standard InChI is InChI=1S/C19H22N4O2/c1-25-16-4-2-3-14-15(5-8-20-17(14)16)23-11-6-13(7-12-23)18(24)19-21-9-10-22-19/h2-5,8-10,13,18,24H,6-7,11-12H2,1H3,(H,21,22). The molecule has 1 saturated heterocycles. The molecular formula is C19H22N4O2. The first kappa shape index (κ1) is 15.9. The number of hydrogen-bond donors (Lipinski definition) is 2. The molecule has 2 aromatic heterocycles. The molecule has 0 radical (unpaired) electrons. The lowest BCUT2D eigenvalue weighted by Crippen LogP contribution is -2.36. The highest BCUT2D eigenvalue weighted by Crippen LogP contribution is 2.35. The number of aliphatic hydroxyl groups excluding tert-OH is 1. The number of imidazole rings is 1. The minimum atomic E-state index is -0.522. The first-order valence-corrected chi connectivity index (χ1v) is 8.62. The SMILES string of the molecule is COc1cccc2c(N3CCC(C(O)c4ncc[nH]4)CC3)ccnc12. The van der Waals surface area contributed by atoms with Crippen LogP contribution in [0, 0.1) is 5.92 Å². The lowest BCUT2D eigenvalue weighted by Gasteiger charge is -2.35. The van der Waals surface area contributed by atoms with E-state index in [4.69, 9.17) is 4.74 Å². The van der Waals surface area contributed by atoms with Crippen molar-refractivity contribution in [2.24, 2.45) is 5.92 Å². The van der Waals surface area contributed by atoms with Crippen molar-refractivity contribution in [1.29, 1.82) is 0 Å². The van der Waals surface area contributed by atoms with Gasteiger partial charge in [-0.25, -0.2) is 4.98 Å². The quantitative estimate of drug-likeness (QED) is 0.765. The number of H-pyrrole nitrogens is 1. The van der Waals surface area contributed by atoms with Crippen molar-refractivity contribution >= 4 is 16.6 Å². The van der Waals surface area contributed by atoms with Gasteiger partial charge in [-0.15, -0.1) is 0 Å². The molecule has 6 heteroatoms. The van der Waals surface area contributed by atoms with Crippen molar-refractivity contribution in [3.8, 4) is 5.75 Å². The van der Waals surface area contributed by atoms with Crippen LogP contribution in [-0.2, 0) is 0 Å². The molecule has 3 aromatic rings. The molecule has 1 unspecified atom stereocenters. The summed E-state index contributed by atoms with van der Waals surface area (Å²) in [7, 11) is 1.67. The Hall–Kier alpha value is -2.60. The van der Waals surface area contributed by atoms with Crippen LogP contribution in [0.5, 0.6) is 5.75 Å². The second kappa shape index (κ2) is 6.72. The monoisotopic (exact) mass is 338 g/mol. The Labute approximate surface area is 146 Å². The predicted molar refractivity (Wildman–Crippen MR) is 96.8 cm³/mol. The topological polar surface area (TPSA) is 74.3 Å². The number of nitrogens with zero attached hydrogens (tertiary/aromatic N) is 3. The third-order valence-electron chi connectivity index (χ3n) is 5.06. The highest BCUT2D eigenvalue weighted by atomic mass is 16.5. The molecule has 4 rings (SSSR count). The van der Waals surface area contributed by atoms with Crippen molar-refractivity contribution in [1.82, 2.24) is 15.0 Å². The Morgan fingerprint density at radius 1 is 1.20 bits per heavy atom. The largest absolute Gasteiger partial charge is 0.494 e. The van der Waals surface area contributed by atoms with Gasteiger partial charge in [0.2, 0.25) is 0 Å². The molecule has 0 aliphatic carbocycles. The van der Waals surface area contributed by atoms with Crippen LogP contribution < -0.4 is 9.64 Å². The van der Waals surface area contributed by atoms with E-state index in [2.05, 4.69) is 32.0 Å². The number of anilines is 1. The predicted octanol–water partition coefficient (Wildman–Crippen LogP) is 2.92. The van der Waals surface area contributed by atoms with E-state index in [1.165, 1.54) is 5.69 Å². The number of methoxy groups -OCH3 is 1. The fourth-order valence-corrected chi connectivity index (χ4v) is 3.69. The minimum Gasteiger partial charge on any atom is -0.494 e. The maximum atomic E-state index is 10.5. The van der Waals surface area contributed by atoms with E-state index in [1.54, 1.807) is 19.5 Å². The molecule has 1 aliphatic heterocycles. The molecule has 1 atom stereocenters. The van der Waals surface area contributed by atoms with Crippen LogP contribution in [0.4, 0.5) is 5.69 Å². The van der Waals surface area contributed by atoms with Gasteiger partial charge in [0.15, 0.2) is 0 Å². The summed E-state index contributed by atoms with van der Waals surface area (Å²) in [4.78, 5) is 14.1. The van der Waals surface area contributed by atoms with E-state index in [0.717, 1.165) is 42.6 Å². The average Bonchev–Trinajstić information content (AvgIpc) is 3.21. The van der Waals surface area contributed by atoms with E-state index in [1.807, 2.05) is 18.3 Å². The van der Waals surface area contributed by atoms with Crippen LogP contribution in [-0.4, -0.2) is 40.3 Å². The van der Waals surface area contributed by atoms with E-state index in [0.29, 0.717) is 5.82 Å². The van der Waals surface area contributed by atoms with Gasteiger partial charge in [-0.05, 0) is 30.9 Å². The highest BCUT2D eigenvalue weighted by Gasteiger charge is 2.28. The summed E-state index contributed by atoms with van der Waals surface area (Å²) in [6.07, 6.45) is 6.61. The Balaban J connectivity index is 1.54. The molecule has 6 nitrogen and oxygen atoms in total. The van der Waals surface area contributed by atoms with E-state index in [-0.39, 0.29) is 5.92 Å². The minimum absolute atomic E-state index is 0.227. The molecular weight excluding hydrogens is 316 g/mol. The zero-order valence-corrected chi connectivity index (χ0v) is 14.2. The zero-order chi connectivity index (χ0) is 17.2. The number of ether oxygens (including phenoxy) is 1. The van der Waals surface area contributed by atoms with Crippen LogP contribution in [0.25, 0.3) is 10.9 Å². The molecule has 1 fully saturated rings. The summed E-state index contributed by atoms with van der Waals surface area (Å²) < 4.78 is 5.44. The van der Waals surface area contributed by atoms with Gasteiger partial charge in [0.1, 0.15) is 23.2 Å². The van der Waals surface area contributed by atoms with Crippen LogP contribution in [0.1, 0.15) is 24.8 Å². The molecule has 0 spiro atoms. The van der Waals surface area contributed by atoms with Crippen LogP contribution in [0.15, 0.2) is 42.9 Å². The Morgan fingerprint density at radius 3 is 2.76 bits per heavy atom. The maximum absolute atomic E-state index is 10.5. The van der Waals surface area contributed by atoms with Gasteiger partial charge >= 0.3 is 0 Å². The van der Waals surface area contributed by atoms with Crippen LogP contribution >= 0.6 is 0 Å². The number of para-hydroxylation sites is 1. The van der Waals surface area contributed by atoms with Gasteiger partial charge in [-0.2, -0.15) is 0 Å². The number of hydrogen-bond acceptors (Lipinski definition) is 5. The highest BCUT2D eigenvalue weighted by molar-refractivity contribution is 5.95. The maximum Gasteiger partial charge on any atom is 0.145 e. The number of fused-ring (bicyclic) bond motifs is 1. The fourth-order valence-electron chi connectivity index (χ4n) is 3.69. The number of nitrogens with one attached hydrogen (secondary N) is 1. The van der Waals surface area contributed by atoms with Gasteiger partial charge in [0.25, 0.3) is 0 Å². The van der Waals surface area contributed by atoms with Gasteiger partial charge in [-0.1, -0.05) is 12.1 Å². The van der Waals surface area contributed by atoms with Crippen molar-refractivity contribution in [3.63, 3.8) is 0 Å². The molecule has 1 aromatic carbocycles. The number of benzene rings is 1. The van der Waals surface area contributed by atoms with E-state index >= 15 is 0 Å². The molecule has 3 heterocycles. The zero-order valence-electron chi connectivity index (χ0n) is 14.2.